The molecule has 1 aromatic heterocycles. The summed E-state index contributed by atoms with van der Waals surface area (Å²) < 4.78 is 0. The topological polar surface area (TPSA) is 109 Å². The largest absolute Gasteiger partial charge is 0.352 e. The van der Waals surface area contributed by atoms with Gasteiger partial charge in [-0.25, -0.2) is 10.8 Å². The first kappa shape index (κ1) is 13.9. The van der Waals surface area contributed by atoms with Crippen LogP contribution in [-0.2, 0) is 4.79 Å². The van der Waals surface area contributed by atoms with Crippen molar-refractivity contribution in [1.82, 2.24) is 15.6 Å². The number of aromatic nitrogens is 1. The van der Waals surface area contributed by atoms with E-state index in [1.807, 2.05) is 13.8 Å². The molecule has 5 N–H and O–H groups in total. The molecule has 0 bridgehead atoms. The summed E-state index contributed by atoms with van der Waals surface area (Å²) >= 11 is 0. The molecule has 7 nitrogen and oxygen atoms in total. The average Bonchev–Trinajstić information content (AvgIpc) is 2.35. The van der Waals surface area contributed by atoms with Crippen LogP contribution in [0.5, 0.6) is 0 Å². The third-order valence-electron chi connectivity index (χ3n) is 2.05. The zero-order valence-electron chi connectivity index (χ0n) is 10.4. The Morgan fingerprint density at radius 2 is 2.17 bits per heavy atom. The standard InChI is InChI=1S/C11H17N5O2/c1-7(2)15-9(17)6-14-11(18)8-4-3-5-13-10(8)16-12/h3-5,7H,6,12H2,1-2H3,(H,13,16)(H,14,18)(H,15,17). The van der Waals surface area contributed by atoms with Crippen LogP contribution < -0.4 is 21.9 Å². The van der Waals surface area contributed by atoms with Crippen LogP contribution in [0.15, 0.2) is 18.3 Å². The first-order chi connectivity index (χ1) is 8.54. The van der Waals surface area contributed by atoms with Crippen molar-refractivity contribution < 1.29 is 9.59 Å². The van der Waals surface area contributed by atoms with Gasteiger partial charge in [-0.3, -0.25) is 9.59 Å². The molecule has 7 heteroatoms. The number of anilines is 1. The Kier molecular flexibility index (Phi) is 5.06. The molecule has 2 amide bonds. The minimum absolute atomic E-state index is 0.0362. The van der Waals surface area contributed by atoms with E-state index >= 15 is 0 Å². The van der Waals surface area contributed by atoms with Crippen LogP contribution in [0.3, 0.4) is 0 Å². The van der Waals surface area contributed by atoms with Gasteiger partial charge in [-0.1, -0.05) is 0 Å². The third-order valence-corrected chi connectivity index (χ3v) is 2.05. The van der Waals surface area contributed by atoms with Crippen molar-refractivity contribution in [3.63, 3.8) is 0 Å². The lowest BCUT2D eigenvalue weighted by atomic mass is 10.2. The molecule has 98 valence electrons. The van der Waals surface area contributed by atoms with E-state index in [0.717, 1.165) is 0 Å². The number of rotatable bonds is 5. The zero-order chi connectivity index (χ0) is 13.5. The molecule has 0 aliphatic heterocycles. The molecule has 0 aliphatic carbocycles. The second-order valence-corrected chi connectivity index (χ2v) is 3.95. The van der Waals surface area contributed by atoms with E-state index in [1.54, 1.807) is 12.1 Å². The summed E-state index contributed by atoms with van der Waals surface area (Å²) in [6, 6.07) is 3.22. The van der Waals surface area contributed by atoms with Gasteiger partial charge in [0.05, 0.1) is 12.1 Å². The molecule has 0 radical (unpaired) electrons. The molecule has 0 unspecified atom stereocenters. The second-order valence-electron chi connectivity index (χ2n) is 3.95. The van der Waals surface area contributed by atoms with E-state index in [-0.39, 0.29) is 29.9 Å². The molecular formula is C11H17N5O2. The number of hydrazine groups is 1. The molecule has 1 heterocycles. The van der Waals surface area contributed by atoms with E-state index in [2.05, 4.69) is 21.0 Å². The highest BCUT2D eigenvalue weighted by molar-refractivity contribution is 6.00. The van der Waals surface area contributed by atoms with Crippen LogP contribution in [0.4, 0.5) is 5.82 Å². The van der Waals surface area contributed by atoms with Gasteiger partial charge in [-0.15, -0.1) is 0 Å². The summed E-state index contributed by atoms with van der Waals surface area (Å²) in [6.45, 7) is 3.60. The number of carbonyl (C=O) groups is 2. The predicted octanol–water partition coefficient (Wildman–Crippen LogP) is -0.378. The highest BCUT2D eigenvalue weighted by Gasteiger charge is 2.12. The van der Waals surface area contributed by atoms with Crippen molar-refractivity contribution in [2.75, 3.05) is 12.0 Å². The fraction of sp³-hybridized carbons (Fsp3) is 0.364. The van der Waals surface area contributed by atoms with Crippen molar-refractivity contribution in [2.24, 2.45) is 5.84 Å². The van der Waals surface area contributed by atoms with Crippen molar-refractivity contribution >= 4 is 17.6 Å². The Morgan fingerprint density at radius 1 is 1.44 bits per heavy atom. The zero-order valence-corrected chi connectivity index (χ0v) is 10.4. The fourth-order valence-corrected chi connectivity index (χ4v) is 1.33. The van der Waals surface area contributed by atoms with Crippen molar-refractivity contribution in [3.05, 3.63) is 23.9 Å². The lowest BCUT2D eigenvalue weighted by Gasteiger charge is -2.10. The van der Waals surface area contributed by atoms with E-state index in [4.69, 9.17) is 5.84 Å². The van der Waals surface area contributed by atoms with Gasteiger partial charge in [0.1, 0.15) is 0 Å². The smallest absolute Gasteiger partial charge is 0.255 e. The summed E-state index contributed by atoms with van der Waals surface area (Å²) in [5, 5.41) is 5.16. The molecule has 1 aromatic rings. The van der Waals surface area contributed by atoms with Crippen LogP contribution in [0.1, 0.15) is 24.2 Å². The van der Waals surface area contributed by atoms with Gasteiger partial charge >= 0.3 is 0 Å². The normalized spacial score (nSPS) is 10.0. The number of nitrogens with two attached hydrogens (primary N) is 1. The molecule has 0 spiro atoms. The number of amides is 2. The van der Waals surface area contributed by atoms with E-state index in [9.17, 15) is 9.59 Å². The first-order valence-electron chi connectivity index (χ1n) is 5.53. The Bertz CT molecular complexity index is 433. The Labute approximate surface area is 105 Å². The fourth-order valence-electron chi connectivity index (χ4n) is 1.33. The summed E-state index contributed by atoms with van der Waals surface area (Å²) in [7, 11) is 0. The van der Waals surface area contributed by atoms with E-state index < -0.39 is 5.91 Å². The van der Waals surface area contributed by atoms with Crippen LogP contribution in [0.25, 0.3) is 0 Å². The minimum Gasteiger partial charge on any atom is -0.352 e. The summed E-state index contributed by atoms with van der Waals surface area (Å²) in [4.78, 5) is 27.0. The molecule has 0 fully saturated rings. The number of pyridine rings is 1. The number of hydrogen-bond acceptors (Lipinski definition) is 5. The van der Waals surface area contributed by atoms with Gasteiger partial charge in [-0.05, 0) is 26.0 Å². The number of nitrogen functional groups attached to an aromatic ring is 1. The lowest BCUT2D eigenvalue weighted by Crippen LogP contribution is -2.40. The van der Waals surface area contributed by atoms with Gasteiger partial charge in [0.25, 0.3) is 5.91 Å². The number of carbonyl (C=O) groups excluding carboxylic acids is 2. The highest BCUT2D eigenvalue weighted by atomic mass is 16.2. The second kappa shape index (κ2) is 6.55. The maximum absolute atomic E-state index is 11.8. The average molecular weight is 251 g/mol. The summed E-state index contributed by atoms with van der Waals surface area (Å²) in [5.41, 5.74) is 2.61. The number of hydrogen-bond donors (Lipinski definition) is 4. The van der Waals surface area contributed by atoms with Crippen LogP contribution in [0, 0.1) is 0 Å². The van der Waals surface area contributed by atoms with E-state index in [0.29, 0.717) is 0 Å². The first-order valence-corrected chi connectivity index (χ1v) is 5.53. The van der Waals surface area contributed by atoms with Crippen LogP contribution >= 0.6 is 0 Å². The minimum atomic E-state index is -0.407. The van der Waals surface area contributed by atoms with Gasteiger partial charge in [0.15, 0.2) is 5.82 Å². The maximum atomic E-state index is 11.8. The predicted molar refractivity (Wildman–Crippen MR) is 67.7 cm³/mol. The van der Waals surface area contributed by atoms with Crippen molar-refractivity contribution in [3.8, 4) is 0 Å². The van der Waals surface area contributed by atoms with Gasteiger partial charge in [0.2, 0.25) is 5.91 Å². The van der Waals surface area contributed by atoms with Gasteiger partial charge in [-0.2, -0.15) is 0 Å². The molecule has 0 atom stereocenters. The molecule has 0 saturated carbocycles. The summed E-state index contributed by atoms with van der Waals surface area (Å²) in [6.07, 6.45) is 1.51. The van der Waals surface area contributed by atoms with Gasteiger partial charge in [0, 0.05) is 12.2 Å². The van der Waals surface area contributed by atoms with Crippen molar-refractivity contribution in [2.45, 2.75) is 19.9 Å². The monoisotopic (exact) mass is 251 g/mol. The quantitative estimate of drug-likeness (QED) is 0.421. The molecule has 0 saturated heterocycles. The Morgan fingerprint density at radius 3 is 2.78 bits per heavy atom. The molecule has 1 rings (SSSR count). The summed E-state index contributed by atoms with van der Waals surface area (Å²) in [5.74, 6) is 4.85. The Balaban J connectivity index is 2.58. The molecule has 0 aliphatic rings. The van der Waals surface area contributed by atoms with Crippen LogP contribution in [0.2, 0.25) is 0 Å². The van der Waals surface area contributed by atoms with E-state index in [1.165, 1.54) is 6.20 Å². The molecular weight excluding hydrogens is 234 g/mol. The van der Waals surface area contributed by atoms with Crippen molar-refractivity contribution in [1.29, 1.82) is 0 Å². The highest BCUT2D eigenvalue weighted by Crippen LogP contribution is 2.08. The number of nitrogens with zero attached hydrogens (tertiary/aromatic N) is 1. The van der Waals surface area contributed by atoms with Crippen LogP contribution in [-0.4, -0.2) is 29.4 Å². The number of nitrogens with one attached hydrogen (secondary N) is 3. The maximum Gasteiger partial charge on any atom is 0.255 e. The lowest BCUT2D eigenvalue weighted by molar-refractivity contribution is -0.120. The van der Waals surface area contributed by atoms with Gasteiger partial charge < -0.3 is 16.1 Å². The SMILES string of the molecule is CC(C)NC(=O)CNC(=O)c1cccnc1NN. The third kappa shape index (κ3) is 4.02. The molecule has 0 aromatic carbocycles. The Hall–Kier alpha value is -2.15. The molecule has 18 heavy (non-hydrogen) atoms.